The Labute approximate surface area is 104 Å². The highest BCUT2D eigenvalue weighted by molar-refractivity contribution is 9.10. The zero-order valence-corrected chi connectivity index (χ0v) is 10.4. The van der Waals surface area contributed by atoms with E-state index in [0.29, 0.717) is 15.7 Å². The van der Waals surface area contributed by atoms with Gasteiger partial charge in [-0.05, 0) is 23.8 Å². The number of hydrogen-bond donors (Lipinski definition) is 0. The maximum atomic E-state index is 13.1. The Bertz CT molecular complexity index is 495. The molecule has 16 heavy (non-hydrogen) atoms. The molecule has 0 atom stereocenters. The van der Waals surface area contributed by atoms with Gasteiger partial charge in [-0.2, -0.15) is 8.75 Å². The van der Waals surface area contributed by atoms with E-state index in [2.05, 4.69) is 24.7 Å². The molecule has 1 heterocycles. The van der Waals surface area contributed by atoms with Gasteiger partial charge in [0.2, 0.25) is 0 Å². The minimum absolute atomic E-state index is 0.127. The normalized spacial score (nSPS) is 10.4. The molecule has 0 spiro atoms. The standard InChI is InChI=1S/C10H6BrFN2OS/c11-7-1-6(2-8(12)4-7)3-10(15)9-5-13-16-14-9/h1-2,4-5H,3H2. The van der Waals surface area contributed by atoms with Crippen molar-refractivity contribution in [2.45, 2.75) is 6.42 Å². The van der Waals surface area contributed by atoms with E-state index in [-0.39, 0.29) is 18.0 Å². The van der Waals surface area contributed by atoms with Crippen molar-refractivity contribution >= 4 is 33.4 Å². The van der Waals surface area contributed by atoms with Gasteiger partial charge in [-0.1, -0.05) is 15.9 Å². The molecule has 1 aromatic heterocycles. The average Bonchev–Trinajstić information content (AvgIpc) is 2.68. The number of carbonyl (C=O) groups is 1. The van der Waals surface area contributed by atoms with E-state index < -0.39 is 0 Å². The highest BCUT2D eigenvalue weighted by atomic mass is 79.9. The molecule has 2 aromatic rings. The van der Waals surface area contributed by atoms with Crippen LogP contribution < -0.4 is 0 Å². The van der Waals surface area contributed by atoms with Gasteiger partial charge in [-0.3, -0.25) is 4.79 Å². The summed E-state index contributed by atoms with van der Waals surface area (Å²) >= 11 is 4.16. The third-order valence-corrected chi connectivity index (χ3v) is 2.87. The average molecular weight is 301 g/mol. The molecule has 82 valence electrons. The smallest absolute Gasteiger partial charge is 0.188 e. The molecule has 0 unspecified atom stereocenters. The molecule has 0 bridgehead atoms. The van der Waals surface area contributed by atoms with E-state index in [0.717, 1.165) is 11.7 Å². The summed E-state index contributed by atoms with van der Waals surface area (Å²) < 4.78 is 21.3. The number of nitrogens with zero attached hydrogens (tertiary/aromatic N) is 2. The van der Waals surface area contributed by atoms with Gasteiger partial charge in [0.15, 0.2) is 5.78 Å². The molecule has 0 amide bonds. The number of rotatable bonds is 3. The van der Waals surface area contributed by atoms with Crippen molar-refractivity contribution in [3.8, 4) is 0 Å². The number of carbonyl (C=O) groups excluding carboxylic acids is 1. The predicted molar refractivity (Wildman–Crippen MR) is 62.0 cm³/mol. The van der Waals surface area contributed by atoms with Crippen molar-refractivity contribution in [2.24, 2.45) is 0 Å². The van der Waals surface area contributed by atoms with Crippen LogP contribution >= 0.6 is 27.7 Å². The molecule has 1 aromatic carbocycles. The van der Waals surface area contributed by atoms with Crippen LogP contribution in [0.4, 0.5) is 4.39 Å². The monoisotopic (exact) mass is 300 g/mol. The Balaban J connectivity index is 2.18. The fourth-order valence-electron chi connectivity index (χ4n) is 1.28. The lowest BCUT2D eigenvalue weighted by molar-refractivity contribution is 0.0989. The number of hydrogen-bond acceptors (Lipinski definition) is 4. The third-order valence-electron chi connectivity index (χ3n) is 1.93. The van der Waals surface area contributed by atoms with Crippen LogP contribution in [0.1, 0.15) is 16.1 Å². The van der Waals surface area contributed by atoms with Crippen LogP contribution in [-0.4, -0.2) is 14.5 Å². The first kappa shape index (κ1) is 11.3. The molecule has 3 nitrogen and oxygen atoms in total. The molecule has 0 saturated heterocycles. The molecule has 0 N–H and O–H groups in total. The van der Waals surface area contributed by atoms with Crippen LogP contribution in [0.15, 0.2) is 28.9 Å². The van der Waals surface area contributed by atoms with Crippen molar-refractivity contribution in [3.05, 3.63) is 45.9 Å². The summed E-state index contributed by atoms with van der Waals surface area (Å²) in [5.41, 5.74) is 0.940. The van der Waals surface area contributed by atoms with Crippen LogP contribution in [-0.2, 0) is 6.42 Å². The summed E-state index contributed by atoms with van der Waals surface area (Å²) in [5, 5.41) is 0. The molecule has 6 heteroatoms. The zero-order valence-electron chi connectivity index (χ0n) is 7.98. The molecule has 0 aliphatic heterocycles. The van der Waals surface area contributed by atoms with Gasteiger partial charge in [-0.25, -0.2) is 4.39 Å². The molecule has 0 aliphatic carbocycles. The fraction of sp³-hybridized carbons (Fsp3) is 0.100. The highest BCUT2D eigenvalue weighted by Gasteiger charge is 2.10. The predicted octanol–water partition coefficient (Wildman–Crippen LogP) is 2.87. The maximum absolute atomic E-state index is 13.1. The Kier molecular flexibility index (Phi) is 3.40. The van der Waals surface area contributed by atoms with Gasteiger partial charge in [0.25, 0.3) is 0 Å². The number of ketones is 1. The fourth-order valence-corrected chi connectivity index (χ4v) is 2.22. The maximum Gasteiger partial charge on any atom is 0.188 e. The van der Waals surface area contributed by atoms with Gasteiger partial charge in [0.05, 0.1) is 17.9 Å². The number of benzene rings is 1. The first-order valence-electron chi connectivity index (χ1n) is 4.41. The summed E-state index contributed by atoms with van der Waals surface area (Å²) in [4.78, 5) is 11.7. The van der Waals surface area contributed by atoms with Crippen molar-refractivity contribution in [1.82, 2.24) is 8.75 Å². The second-order valence-corrected chi connectivity index (χ2v) is 4.64. The summed E-state index contributed by atoms with van der Waals surface area (Å²) in [7, 11) is 0. The minimum Gasteiger partial charge on any atom is -0.292 e. The molecule has 0 radical (unpaired) electrons. The summed E-state index contributed by atoms with van der Waals surface area (Å²) in [6.45, 7) is 0. The van der Waals surface area contributed by atoms with Gasteiger partial charge in [0, 0.05) is 10.9 Å². The SMILES string of the molecule is O=C(Cc1cc(F)cc(Br)c1)c1cnsn1. The second-order valence-electron chi connectivity index (χ2n) is 3.17. The van der Waals surface area contributed by atoms with Crippen LogP contribution in [0, 0.1) is 5.82 Å². The zero-order chi connectivity index (χ0) is 11.5. The van der Waals surface area contributed by atoms with E-state index in [1.54, 1.807) is 6.07 Å². The van der Waals surface area contributed by atoms with Gasteiger partial charge in [0.1, 0.15) is 11.5 Å². The highest BCUT2D eigenvalue weighted by Crippen LogP contribution is 2.16. The van der Waals surface area contributed by atoms with Crippen LogP contribution in [0.2, 0.25) is 0 Å². The lowest BCUT2D eigenvalue weighted by Gasteiger charge is -2.00. The van der Waals surface area contributed by atoms with Gasteiger partial charge in [-0.15, -0.1) is 0 Å². The summed E-state index contributed by atoms with van der Waals surface area (Å²) in [6.07, 6.45) is 1.54. The number of aromatic nitrogens is 2. The number of Topliss-reactive ketones (excluding diaryl/α,β-unsaturated/α-hetero) is 1. The lowest BCUT2D eigenvalue weighted by atomic mass is 10.1. The van der Waals surface area contributed by atoms with E-state index in [9.17, 15) is 9.18 Å². The molecular weight excluding hydrogens is 295 g/mol. The largest absolute Gasteiger partial charge is 0.292 e. The Morgan fingerprint density at radius 1 is 1.44 bits per heavy atom. The van der Waals surface area contributed by atoms with Crippen LogP contribution in [0.25, 0.3) is 0 Å². The molecule has 0 aliphatic rings. The minimum atomic E-state index is -0.367. The van der Waals surface area contributed by atoms with Crippen LogP contribution in [0.3, 0.4) is 0 Å². The first-order chi connectivity index (χ1) is 7.65. The molecule has 2 rings (SSSR count). The van der Waals surface area contributed by atoms with Crippen molar-refractivity contribution in [1.29, 1.82) is 0 Å². The lowest BCUT2D eigenvalue weighted by Crippen LogP contribution is -2.04. The van der Waals surface area contributed by atoms with E-state index in [1.165, 1.54) is 18.3 Å². The first-order valence-corrected chi connectivity index (χ1v) is 5.93. The van der Waals surface area contributed by atoms with E-state index in [4.69, 9.17) is 0 Å². The van der Waals surface area contributed by atoms with Crippen molar-refractivity contribution in [2.75, 3.05) is 0 Å². The number of halogens is 2. The topological polar surface area (TPSA) is 42.9 Å². The van der Waals surface area contributed by atoms with E-state index in [1.807, 2.05) is 0 Å². The van der Waals surface area contributed by atoms with Gasteiger partial charge < -0.3 is 0 Å². The Morgan fingerprint density at radius 2 is 2.25 bits per heavy atom. The molecule has 0 fully saturated rings. The van der Waals surface area contributed by atoms with Crippen molar-refractivity contribution in [3.63, 3.8) is 0 Å². The van der Waals surface area contributed by atoms with E-state index >= 15 is 0 Å². The molecular formula is C10H6BrFN2OS. The summed E-state index contributed by atoms with van der Waals surface area (Å²) in [5.74, 6) is -0.528. The second kappa shape index (κ2) is 4.80. The Morgan fingerprint density at radius 3 is 2.88 bits per heavy atom. The molecule has 0 saturated carbocycles. The van der Waals surface area contributed by atoms with Gasteiger partial charge >= 0.3 is 0 Å². The summed E-state index contributed by atoms with van der Waals surface area (Å²) in [6, 6.07) is 4.39. The third kappa shape index (κ3) is 2.70. The van der Waals surface area contributed by atoms with Crippen molar-refractivity contribution < 1.29 is 9.18 Å². The Hall–Kier alpha value is -1.14. The quantitative estimate of drug-likeness (QED) is 0.819. The van der Waals surface area contributed by atoms with Crippen LogP contribution in [0.5, 0.6) is 0 Å².